The zero-order chi connectivity index (χ0) is 13.8. The molecule has 100 valence electrons. The molecule has 1 heterocycles. The third-order valence-corrected chi connectivity index (χ3v) is 5.46. The van der Waals surface area contributed by atoms with Crippen LogP contribution in [0.5, 0.6) is 0 Å². The number of thiophene rings is 1. The van der Waals surface area contributed by atoms with Crippen LogP contribution in [-0.4, -0.2) is 36.7 Å². The molecule has 0 aliphatic carbocycles. The molecule has 1 aromatic heterocycles. The van der Waals surface area contributed by atoms with E-state index in [1.807, 2.05) is 11.4 Å². The van der Waals surface area contributed by atoms with Crippen molar-refractivity contribution in [3.05, 3.63) is 21.9 Å². The first-order chi connectivity index (χ1) is 8.37. The van der Waals surface area contributed by atoms with Crippen molar-refractivity contribution in [2.75, 3.05) is 13.7 Å². The molecular formula is C12H17NO3S2. The largest absolute Gasteiger partial charge is 0.384 e. The molecule has 6 heteroatoms. The number of hydrogen-bond donors (Lipinski definition) is 1. The van der Waals surface area contributed by atoms with Gasteiger partial charge in [-0.1, -0.05) is 11.8 Å². The van der Waals surface area contributed by atoms with Crippen molar-refractivity contribution in [3.63, 3.8) is 0 Å². The minimum Gasteiger partial charge on any atom is -0.384 e. The average molecular weight is 287 g/mol. The van der Waals surface area contributed by atoms with Gasteiger partial charge in [-0.3, -0.25) is 0 Å². The second-order valence-electron chi connectivity index (χ2n) is 4.13. The Morgan fingerprint density at radius 3 is 2.72 bits per heavy atom. The number of sulfonamides is 1. The van der Waals surface area contributed by atoms with Crippen molar-refractivity contribution >= 4 is 21.4 Å². The molecule has 1 rings (SSSR count). The van der Waals surface area contributed by atoms with Crippen LogP contribution in [0.3, 0.4) is 0 Å². The molecule has 0 saturated carbocycles. The molecule has 0 aliphatic rings. The van der Waals surface area contributed by atoms with Crippen molar-refractivity contribution < 1.29 is 13.5 Å². The molecule has 0 radical (unpaired) electrons. The van der Waals surface area contributed by atoms with E-state index in [0.717, 1.165) is 10.4 Å². The maximum absolute atomic E-state index is 11.9. The standard InChI is InChI=1S/C12H17NO3S2/c1-10(2)18(15,16)13(3)8-11-7-12(17-9-11)5-4-6-14/h7,9-10,14H,6,8H2,1-3H3. The van der Waals surface area contributed by atoms with Gasteiger partial charge in [-0.15, -0.1) is 11.3 Å². The van der Waals surface area contributed by atoms with E-state index in [2.05, 4.69) is 11.8 Å². The summed E-state index contributed by atoms with van der Waals surface area (Å²) >= 11 is 1.44. The molecule has 18 heavy (non-hydrogen) atoms. The van der Waals surface area contributed by atoms with E-state index in [1.54, 1.807) is 20.9 Å². The first-order valence-electron chi connectivity index (χ1n) is 5.50. The molecule has 0 aliphatic heterocycles. The lowest BCUT2D eigenvalue weighted by Gasteiger charge is -2.18. The monoisotopic (exact) mass is 287 g/mol. The zero-order valence-corrected chi connectivity index (χ0v) is 12.3. The quantitative estimate of drug-likeness (QED) is 0.848. The molecule has 0 aromatic carbocycles. The van der Waals surface area contributed by atoms with Gasteiger partial charge < -0.3 is 5.11 Å². The summed E-state index contributed by atoms with van der Waals surface area (Å²) in [5.74, 6) is 5.36. The summed E-state index contributed by atoms with van der Waals surface area (Å²) in [6, 6.07) is 1.85. The molecule has 1 N–H and O–H groups in total. The fourth-order valence-corrected chi connectivity index (χ4v) is 3.18. The van der Waals surface area contributed by atoms with Gasteiger partial charge in [0.15, 0.2) is 0 Å². The van der Waals surface area contributed by atoms with Crippen LogP contribution < -0.4 is 0 Å². The summed E-state index contributed by atoms with van der Waals surface area (Å²) in [5.41, 5.74) is 0.911. The van der Waals surface area contributed by atoms with E-state index >= 15 is 0 Å². The smallest absolute Gasteiger partial charge is 0.216 e. The lowest BCUT2D eigenvalue weighted by atomic mass is 10.3. The number of hydrogen-bond acceptors (Lipinski definition) is 4. The minimum absolute atomic E-state index is 0.172. The van der Waals surface area contributed by atoms with Crippen molar-refractivity contribution in [3.8, 4) is 11.8 Å². The van der Waals surface area contributed by atoms with Gasteiger partial charge in [0.05, 0.1) is 10.1 Å². The average Bonchev–Trinajstić information content (AvgIpc) is 2.73. The summed E-state index contributed by atoms with van der Waals surface area (Å²) in [7, 11) is -1.65. The Bertz CT molecular complexity index is 549. The third-order valence-electron chi connectivity index (χ3n) is 2.38. The van der Waals surface area contributed by atoms with E-state index in [-0.39, 0.29) is 6.61 Å². The van der Waals surface area contributed by atoms with Gasteiger partial charge >= 0.3 is 0 Å². The fourth-order valence-electron chi connectivity index (χ4n) is 1.36. The molecule has 0 fully saturated rings. The Morgan fingerprint density at radius 1 is 1.50 bits per heavy atom. The van der Waals surface area contributed by atoms with Gasteiger partial charge in [0.1, 0.15) is 6.61 Å². The summed E-state index contributed by atoms with van der Waals surface area (Å²) in [5, 5.41) is 10.1. The molecular weight excluding hydrogens is 270 g/mol. The van der Waals surface area contributed by atoms with Gasteiger partial charge in [-0.25, -0.2) is 12.7 Å². The molecule has 0 spiro atoms. The van der Waals surface area contributed by atoms with Crippen LogP contribution in [0.15, 0.2) is 11.4 Å². The Balaban J connectivity index is 2.77. The van der Waals surface area contributed by atoms with Crippen LogP contribution in [0.1, 0.15) is 24.3 Å². The van der Waals surface area contributed by atoms with E-state index in [4.69, 9.17) is 5.11 Å². The Labute approximate surface area is 112 Å². The lowest BCUT2D eigenvalue weighted by molar-refractivity contribution is 0.350. The number of rotatable bonds is 4. The second-order valence-corrected chi connectivity index (χ2v) is 7.64. The van der Waals surface area contributed by atoms with Crippen LogP contribution in [0.4, 0.5) is 0 Å². The lowest BCUT2D eigenvalue weighted by Crippen LogP contribution is -2.32. The van der Waals surface area contributed by atoms with Gasteiger partial charge in [-0.05, 0) is 30.9 Å². The molecule has 1 aromatic rings. The molecule has 4 nitrogen and oxygen atoms in total. The second kappa shape index (κ2) is 6.34. The van der Waals surface area contributed by atoms with Crippen LogP contribution in [0.25, 0.3) is 0 Å². The molecule has 0 saturated heterocycles. The predicted octanol–water partition coefficient (Wildman–Crippen LogP) is 1.26. The Hall–Kier alpha value is -0.870. The van der Waals surface area contributed by atoms with E-state index in [9.17, 15) is 8.42 Å². The summed E-state index contributed by atoms with van der Waals surface area (Å²) < 4.78 is 25.1. The molecule has 0 unspecified atom stereocenters. The maximum Gasteiger partial charge on any atom is 0.216 e. The third kappa shape index (κ3) is 3.82. The topological polar surface area (TPSA) is 57.6 Å². The van der Waals surface area contributed by atoms with Crippen molar-refractivity contribution in [1.29, 1.82) is 0 Å². The molecule has 0 amide bonds. The predicted molar refractivity (Wildman–Crippen MR) is 73.8 cm³/mol. The van der Waals surface area contributed by atoms with Gasteiger partial charge in [0.2, 0.25) is 10.0 Å². The minimum atomic E-state index is -3.22. The highest BCUT2D eigenvalue weighted by Gasteiger charge is 2.22. The SMILES string of the molecule is CC(C)S(=O)(=O)N(C)Cc1csc(C#CCO)c1. The van der Waals surface area contributed by atoms with E-state index < -0.39 is 15.3 Å². The van der Waals surface area contributed by atoms with Gasteiger partial charge in [0, 0.05) is 13.6 Å². The maximum atomic E-state index is 11.9. The fraction of sp³-hybridized carbons (Fsp3) is 0.500. The van der Waals surface area contributed by atoms with Crippen molar-refractivity contribution in [2.24, 2.45) is 0 Å². The number of aliphatic hydroxyl groups is 1. The summed E-state index contributed by atoms with van der Waals surface area (Å²) in [4.78, 5) is 0.828. The highest BCUT2D eigenvalue weighted by molar-refractivity contribution is 7.89. The highest BCUT2D eigenvalue weighted by Crippen LogP contribution is 2.17. The van der Waals surface area contributed by atoms with Crippen LogP contribution in [-0.2, 0) is 16.6 Å². The summed E-state index contributed by atoms with van der Waals surface area (Å²) in [6.07, 6.45) is 0. The Kier molecular flexibility index (Phi) is 5.35. The van der Waals surface area contributed by atoms with Crippen molar-refractivity contribution in [2.45, 2.75) is 25.6 Å². The first-order valence-corrected chi connectivity index (χ1v) is 7.88. The molecule has 0 atom stereocenters. The first kappa shape index (κ1) is 15.2. The van der Waals surface area contributed by atoms with E-state index in [0.29, 0.717) is 6.54 Å². The van der Waals surface area contributed by atoms with Crippen molar-refractivity contribution in [1.82, 2.24) is 4.31 Å². The number of nitrogens with zero attached hydrogens (tertiary/aromatic N) is 1. The van der Waals surface area contributed by atoms with E-state index in [1.165, 1.54) is 15.6 Å². The summed E-state index contributed by atoms with van der Waals surface area (Å²) in [6.45, 7) is 3.50. The van der Waals surface area contributed by atoms with Gasteiger partial charge in [0.25, 0.3) is 0 Å². The number of aliphatic hydroxyl groups excluding tert-OH is 1. The van der Waals surface area contributed by atoms with Crippen LogP contribution in [0.2, 0.25) is 0 Å². The zero-order valence-electron chi connectivity index (χ0n) is 10.7. The highest BCUT2D eigenvalue weighted by atomic mass is 32.2. The molecule has 0 bridgehead atoms. The van der Waals surface area contributed by atoms with Gasteiger partial charge in [-0.2, -0.15) is 0 Å². The Morgan fingerprint density at radius 2 is 2.17 bits per heavy atom. The van der Waals surface area contributed by atoms with Crippen LogP contribution in [0, 0.1) is 11.8 Å². The normalized spacial score (nSPS) is 11.7. The van der Waals surface area contributed by atoms with Crippen LogP contribution >= 0.6 is 11.3 Å².